The molecule has 82 valence electrons. The number of hydrogen-bond acceptors (Lipinski definition) is 2. The largest absolute Gasteiger partial charge is 0.353 e. The number of amides is 1. The van der Waals surface area contributed by atoms with E-state index in [4.69, 9.17) is 0 Å². The maximum Gasteiger partial charge on any atom is 0.220 e. The molecule has 1 aliphatic heterocycles. The van der Waals surface area contributed by atoms with Gasteiger partial charge in [0.15, 0.2) is 0 Å². The van der Waals surface area contributed by atoms with E-state index in [1.165, 1.54) is 5.69 Å². The van der Waals surface area contributed by atoms with Crippen LogP contribution in [-0.2, 0) is 11.3 Å². The van der Waals surface area contributed by atoms with Crippen LogP contribution in [0, 0.1) is 0 Å². The van der Waals surface area contributed by atoms with Crippen LogP contribution in [0.4, 0.5) is 0 Å². The molecular formula is C11H17N3O. The van der Waals surface area contributed by atoms with Crippen LogP contribution in [0.1, 0.15) is 38.3 Å². The number of carbonyl (C=O) groups excluding carboxylic acids is 1. The Labute approximate surface area is 89.7 Å². The number of imidazole rings is 1. The number of aromatic nitrogens is 2. The van der Waals surface area contributed by atoms with Crippen molar-refractivity contribution in [3.05, 3.63) is 18.2 Å². The Morgan fingerprint density at radius 3 is 3.07 bits per heavy atom. The Morgan fingerprint density at radius 2 is 2.47 bits per heavy atom. The topological polar surface area (TPSA) is 46.9 Å². The minimum Gasteiger partial charge on any atom is -0.353 e. The molecule has 1 amide bonds. The highest BCUT2D eigenvalue weighted by atomic mass is 16.2. The molecular weight excluding hydrogens is 190 g/mol. The molecule has 2 unspecified atom stereocenters. The van der Waals surface area contributed by atoms with Crippen LogP contribution in [0.2, 0.25) is 0 Å². The summed E-state index contributed by atoms with van der Waals surface area (Å²) in [7, 11) is 0. The van der Waals surface area contributed by atoms with E-state index in [1.807, 2.05) is 12.5 Å². The summed E-state index contributed by atoms with van der Waals surface area (Å²) in [4.78, 5) is 15.5. The lowest BCUT2D eigenvalue weighted by molar-refractivity contribution is -0.119. The Morgan fingerprint density at radius 1 is 1.67 bits per heavy atom. The molecule has 1 saturated heterocycles. The number of hydrogen-bond donors (Lipinski definition) is 1. The lowest BCUT2D eigenvalue weighted by Gasteiger charge is -2.16. The van der Waals surface area contributed by atoms with Crippen LogP contribution in [0.5, 0.6) is 0 Å². The smallest absolute Gasteiger partial charge is 0.220 e. The predicted octanol–water partition coefficient (Wildman–Crippen LogP) is 1.29. The molecule has 1 aromatic heterocycles. The molecule has 0 aliphatic carbocycles. The van der Waals surface area contributed by atoms with E-state index in [2.05, 4.69) is 28.7 Å². The summed E-state index contributed by atoms with van der Waals surface area (Å²) >= 11 is 0. The Bertz CT molecular complexity index is 358. The first-order chi connectivity index (χ1) is 7.22. The van der Waals surface area contributed by atoms with E-state index in [1.54, 1.807) is 0 Å². The average molecular weight is 207 g/mol. The van der Waals surface area contributed by atoms with Crippen LogP contribution in [0.3, 0.4) is 0 Å². The zero-order valence-electron chi connectivity index (χ0n) is 9.23. The number of rotatable bonds is 3. The number of aryl methyl sites for hydroxylation is 1. The molecule has 4 nitrogen and oxygen atoms in total. The zero-order chi connectivity index (χ0) is 10.8. The fraction of sp³-hybridized carbons (Fsp3) is 0.636. The van der Waals surface area contributed by atoms with E-state index in [0.29, 0.717) is 6.42 Å². The van der Waals surface area contributed by atoms with Crippen molar-refractivity contribution in [1.29, 1.82) is 0 Å². The van der Waals surface area contributed by atoms with Crippen LogP contribution >= 0.6 is 0 Å². The van der Waals surface area contributed by atoms with Gasteiger partial charge in [0, 0.05) is 36.8 Å². The monoisotopic (exact) mass is 207 g/mol. The SMILES string of the molecule is CCCn1cncc1C1CC(=O)NC1C. The average Bonchev–Trinajstić information content (AvgIpc) is 2.73. The van der Waals surface area contributed by atoms with E-state index >= 15 is 0 Å². The minimum atomic E-state index is 0.150. The van der Waals surface area contributed by atoms with Gasteiger partial charge in [0.05, 0.1) is 6.33 Å². The summed E-state index contributed by atoms with van der Waals surface area (Å²) in [5.74, 6) is 0.434. The van der Waals surface area contributed by atoms with E-state index in [0.717, 1.165) is 13.0 Å². The molecule has 2 heterocycles. The molecule has 2 rings (SSSR count). The maximum atomic E-state index is 11.3. The lowest BCUT2D eigenvalue weighted by Crippen LogP contribution is -2.25. The first-order valence-electron chi connectivity index (χ1n) is 5.51. The van der Waals surface area contributed by atoms with Gasteiger partial charge in [-0.05, 0) is 13.3 Å². The van der Waals surface area contributed by atoms with Crippen molar-refractivity contribution in [2.45, 2.75) is 45.2 Å². The first-order valence-corrected chi connectivity index (χ1v) is 5.51. The van der Waals surface area contributed by atoms with Crippen molar-refractivity contribution in [3.63, 3.8) is 0 Å². The minimum absolute atomic E-state index is 0.150. The van der Waals surface area contributed by atoms with Gasteiger partial charge in [-0.3, -0.25) is 4.79 Å². The summed E-state index contributed by atoms with van der Waals surface area (Å²) in [5.41, 5.74) is 1.18. The summed E-state index contributed by atoms with van der Waals surface area (Å²) in [6.45, 7) is 5.18. The van der Waals surface area contributed by atoms with Gasteiger partial charge in [-0.1, -0.05) is 6.92 Å². The molecule has 0 aromatic carbocycles. The van der Waals surface area contributed by atoms with Crippen molar-refractivity contribution in [2.24, 2.45) is 0 Å². The van der Waals surface area contributed by atoms with Gasteiger partial charge in [-0.15, -0.1) is 0 Å². The highest BCUT2D eigenvalue weighted by Gasteiger charge is 2.32. The second kappa shape index (κ2) is 4.04. The van der Waals surface area contributed by atoms with Crippen molar-refractivity contribution in [1.82, 2.24) is 14.9 Å². The van der Waals surface area contributed by atoms with Crippen molar-refractivity contribution >= 4 is 5.91 Å². The second-order valence-electron chi connectivity index (χ2n) is 4.18. The van der Waals surface area contributed by atoms with E-state index in [9.17, 15) is 4.79 Å². The Balaban J connectivity index is 2.21. The quantitative estimate of drug-likeness (QED) is 0.811. The number of nitrogens with zero attached hydrogens (tertiary/aromatic N) is 2. The third kappa shape index (κ3) is 1.89. The molecule has 0 bridgehead atoms. The van der Waals surface area contributed by atoms with Gasteiger partial charge >= 0.3 is 0 Å². The van der Waals surface area contributed by atoms with E-state index < -0.39 is 0 Å². The fourth-order valence-corrected chi connectivity index (χ4v) is 2.22. The van der Waals surface area contributed by atoms with Crippen LogP contribution in [0.15, 0.2) is 12.5 Å². The van der Waals surface area contributed by atoms with Crippen molar-refractivity contribution in [3.8, 4) is 0 Å². The molecule has 0 spiro atoms. The summed E-state index contributed by atoms with van der Waals surface area (Å²) in [5, 5.41) is 2.94. The Kier molecular flexibility index (Phi) is 2.75. The van der Waals surface area contributed by atoms with Gasteiger partial charge in [-0.2, -0.15) is 0 Å². The molecule has 1 N–H and O–H groups in total. The highest BCUT2D eigenvalue weighted by molar-refractivity contribution is 5.80. The lowest BCUT2D eigenvalue weighted by atomic mass is 9.98. The molecule has 4 heteroatoms. The molecule has 1 aliphatic rings. The zero-order valence-corrected chi connectivity index (χ0v) is 9.23. The maximum absolute atomic E-state index is 11.3. The summed E-state index contributed by atoms with van der Waals surface area (Å²) < 4.78 is 2.15. The first kappa shape index (κ1) is 10.2. The third-order valence-corrected chi connectivity index (χ3v) is 2.99. The summed E-state index contributed by atoms with van der Waals surface area (Å²) in [6, 6.07) is 0.227. The molecule has 0 saturated carbocycles. The third-order valence-electron chi connectivity index (χ3n) is 2.99. The van der Waals surface area contributed by atoms with Crippen LogP contribution in [-0.4, -0.2) is 21.5 Å². The van der Waals surface area contributed by atoms with Gasteiger partial charge in [0.2, 0.25) is 5.91 Å². The second-order valence-corrected chi connectivity index (χ2v) is 4.18. The van der Waals surface area contributed by atoms with Crippen LogP contribution < -0.4 is 5.32 Å². The molecule has 1 aromatic rings. The van der Waals surface area contributed by atoms with Gasteiger partial charge in [0.25, 0.3) is 0 Å². The summed E-state index contributed by atoms with van der Waals surface area (Å²) in [6.07, 6.45) is 5.42. The van der Waals surface area contributed by atoms with E-state index in [-0.39, 0.29) is 17.9 Å². The highest BCUT2D eigenvalue weighted by Crippen LogP contribution is 2.27. The molecule has 2 atom stereocenters. The molecule has 15 heavy (non-hydrogen) atoms. The fourth-order valence-electron chi connectivity index (χ4n) is 2.22. The normalized spacial score (nSPS) is 25.6. The van der Waals surface area contributed by atoms with Crippen LogP contribution in [0.25, 0.3) is 0 Å². The van der Waals surface area contributed by atoms with Gasteiger partial charge in [0.1, 0.15) is 0 Å². The number of carbonyl (C=O) groups is 1. The van der Waals surface area contributed by atoms with Gasteiger partial charge in [-0.25, -0.2) is 4.98 Å². The van der Waals surface area contributed by atoms with Crippen molar-refractivity contribution in [2.75, 3.05) is 0 Å². The molecule has 0 radical (unpaired) electrons. The standard InChI is InChI=1S/C11H17N3O/c1-3-4-14-7-12-6-10(14)9-5-11(15)13-8(9)2/h6-9H,3-5H2,1-2H3,(H,13,15). The predicted molar refractivity (Wildman–Crippen MR) is 57.5 cm³/mol. The van der Waals surface area contributed by atoms with Gasteiger partial charge < -0.3 is 9.88 Å². The molecule has 1 fully saturated rings. The van der Waals surface area contributed by atoms with Crippen molar-refractivity contribution < 1.29 is 4.79 Å². The Hall–Kier alpha value is -1.32. The number of nitrogens with one attached hydrogen (secondary N) is 1.